The molecule has 1 N–H and O–H groups in total. The van der Waals surface area contributed by atoms with Gasteiger partial charge in [-0.25, -0.2) is 14.8 Å². The van der Waals surface area contributed by atoms with Crippen molar-refractivity contribution in [1.29, 1.82) is 0 Å². The van der Waals surface area contributed by atoms with E-state index in [1.165, 1.54) is 5.56 Å². The summed E-state index contributed by atoms with van der Waals surface area (Å²) in [6, 6.07) is 10.2. The lowest BCUT2D eigenvalue weighted by Crippen LogP contribution is -2.52. The summed E-state index contributed by atoms with van der Waals surface area (Å²) in [4.78, 5) is 25.8. The number of benzene rings is 1. The largest absolute Gasteiger partial charge is 0.353 e. The second-order valence-corrected chi connectivity index (χ2v) is 7.44. The van der Waals surface area contributed by atoms with Crippen LogP contribution in [0.15, 0.2) is 30.3 Å². The molecule has 0 unspecified atom stereocenters. The molecule has 1 aliphatic heterocycles. The first-order valence-electron chi connectivity index (χ1n) is 9.62. The summed E-state index contributed by atoms with van der Waals surface area (Å²) >= 11 is 0. The van der Waals surface area contributed by atoms with Crippen molar-refractivity contribution >= 4 is 11.8 Å². The molecule has 2 heterocycles. The first kappa shape index (κ1) is 19.1. The zero-order chi connectivity index (χ0) is 19.4. The molecular weight excluding hydrogens is 338 g/mol. The number of piperazine rings is 1. The van der Waals surface area contributed by atoms with Gasteiger partial charge < -0.3 is 15.1 Å². The number of nitrogens with zero attached hydrogens (tertiary/aromatic N) is 4. The highest BCUT2D eigenvalue weighted by Gasteiger charge is 2.22. The molecule has 3 rings (SSSR count). The zero-order valence-electron chi connectivity index (χ0n) is 16.7. The highest BCUT2D eigenvalue weighted by Crippen LogP contribution is 2.18. The van der Waals surface area contributed by atoms with Gasteiger partial charge in [-0.05, 0) is 25.0 Å². The minimum Gasteiger partial charge on any atom is -0.353 e. The Bertz CT molecular complexity index is 797. The average molecular weight is 367 g/mol. The third-order valence-electron chi connectivity index (χ3n) is 4.96. The highest BCUT2D eigenvalue weighted by atomic mass is 16.2. The van der Waals surface area contributed by atoms with Gasteiger partial charge in [0.1, 0.15) is 11.6 Å². The van der Waals surface area contributed by atoms with Crippen molar-refractivity contribution < 1.29 is 4.79 Å². The summed E-state index contributed by atoms with van der Waals surface area (Å²) in [5.41, 5.74) is 3.34. The number of carbonyl (C=O) groups is 1. The molecular formula is C21H29N5O. The van der Waals surface area contributed by atoms with Crippen molar-refractivity contribution in [3.8, 4) is 0 Å². The van der Waals surface area contributed by atoms with Crippen LogP contribution in [0.25, 0.3) is 0 Å². The van der Waals surface area contributed by atoms with Gasteiger partial charge in [-0.2, -0.15) is 0 Å². The molecule has 0 spiro atoms. The van der Waals surface area contributed by atoms with Gasteiger partial charge in [0.05, 0.1) is 0 Å². The molecule has 1 aromatic carbocycles. The van der Waals surface area contributed by atoms with Gasteiger partial charge in [0, 0.05) is 50.4 Å². The third-order valence-corrected chi connectivity index (χ3v) is 4.96. The average Bonchev–Trinajstić information content (AvgIpc) is 2.66. The van der Waals surface area contributed by atoms with E-state index < -0.39 is 0 Å². The van der Waals surface area contributed by atoms with Crippen molar-refractivity contribution in [3.63, 3.8) is 0 Å². The number of nitrogens with one attached hydrogen (secondary N) is 1. The second-order valence-electron chi connectivity index (χ2n) is 7.44. The monoisotopic (exact) mass is 367 g/mol. The summed E-state index contributed by atoms with van der Waals surface area (Å²) < 4.78 is 0. The van der Waals surface area contributed by atoms with E-state index in [2.05, 4.69) is 48.1 Å². The lowest BCUT2D eigenvalue weighted by molar-refractivity contribution is 0.194. The Morgan fingerprint density at radius 2 is 1.81 bits per heavy atom. The van der Waals surface area contributed by atoms with E-state index in [1.54, 1.807) is 0 Å². The summed E-state index contributed by atoms with van der Waals surface area (Å²) in [6.45, 7) is 11.8. The van der Waals surface area contributed by atoms with Crippen LogP contribution in [0.2, 0.25) is 0 Å². The fourth-order valence-electron chi connectivity index (χ4n) is 3.22. The summed E-state index contributed by atoms with van der Waals surface area (Å²) in [7, 11) is 0. The van der Waals surface area contributed by atoms with Gasteiger partial charge >= 0.3 is 6.03 Å². The van der Waals surface area contributed by atoms with Gasteiger partial charge in [0.15, 0.2) is 0 Å². The van der Waals surface area contributed by atoms with Crippen molar-refractivity contribution in [1.82, 2.24) is 20.2 Å². The van der Waals surface area contributed by atoms with Crippen molar-refractivity contribution in [3.05, 3.63) is 53.0 Å². The van der Waals surface area contributed by atoms with Gasteiger partial charge in [0.25, 0.3) is 0 Å². The lowest BCUT2D eigenvalue weighted by Gasteiger charge is -2.35. The first-order valence-corrected chi connectivity index (χ1v) is 9.62. The molecule has 0 atom stereocenters. The molecule has 0 saturated carbocycles. The van der Waals surface area contributed by atoms with Crippen LogP contribution in [0.1, 0.15) is 42.4 Å². The Morgan fingerprint density at radius 3 is 2.48 bits per heavy atom. The van der Waals surface area contributed by atoms with Gasteiger partial charge in [-0.15, -0.1) is 0 Å². The molecule has 27 heavy (non-hydrogen) atoms. The van der Waals surface area contributed by atoms with Crippen LogP contribution in [0.3, 0.4) is 0 Å². The van der Waals surface area contributed by atoms with Gasteiger partial charge in [-0.3, -0.25) is 0 Å². The van der Waals surface area contributed by atoms with E-state index in [0.717, 1.165) is 36.0 Å². The zero-order valence-corrected chi connectivity index (χ0v) is 16.7. The molecule has 2 amide bonds. The van der Waals surface area contributed by atoms with E-state index in [0.29, 0.717) is 25.6 Å². The number of anilines is 1. The van der Waals surface area contributed by atoms with E-state index >= 15 is 0 Å². The normalized spacial score (nSPS) is 14.6. The summed E-state index contributed by atoms with van der Waals surface area (Å²) in [5, 5.41) is 3.04. The summed E-state index contributed by atoms with van der Waals surface area (Å²) in [5.74, 6) is 2.15. The Hall–Kier alpha value is -2.63. The van der Waals surface area contributed by atoms with Crippen LogP contribution < -0.4 is 10.2 Å². The Labute approximate surface area is 161 Å². The van der Waals surface area contributed by atoms with Crippen LogP contribution in [0, 0.1) is 13.8 Å². The lowest BCUT2D eigenvalue weighted by atomic mass is 10.1. The third kappa shape index (κ3) is 4.76. The topological polar surface area (TPSA) is 61.4 Å². The fraction of sp³-hybridized carbons (Fsp3) is 0.476. The highest BCUT2D eigenvalue weighted by molar-refractivity contribution is 5.74. The number of hydrogen-bond donors (Lipinski definition) is 1. The molecule has 1 saturated heterocycles. The minimum atomic E-state index is -0.000333. The number of aromatic nitrogens is 2. The van der Waals surface area contributed by atoms with E-state index in [1.807, 2.05) is 30.0 Å². The quantitative estimate of drug-likeness (QED) is 0.901. The molecule has 6 heteroatoms. The predicted octanol–water partition coefficient (Wildman–Crippen LogP) is 3.25. The van der Waals surface area contributed by atoms with Crippen LogP contribution in [-0.4, -0.2) is 47.1 Å². The smallest absolute Gasteiger partial charge is 0.317 e. The van der Waals surface area contributed by atoms with E-state index in [9.17, 15) is 4.79 Å². The van der Waals surface area contributed by atoms with Crippen LogP contribution in [-0.2, 0) is 6.54 Å². The predicted molar refractivity (Wildman–Crippen MR) is 108 cm³/mol. The maximum Gasteiger partial charge on any atom is 0.317 e. The number of hydrogen-bond acceptors (Lipinski definition) is 4. The molecule has 144 valence electrons. The van der Waals surface area contributed by atoms with Crippen LogP contribution >= 0.6 is 0 Å². The van der Waals surface area contributed by atoms with Gasteiger partial charge in [-0.1, -0.05) is 38.1 Å². The van der Waals surface area contributed by atoms with Crippen molar-refractivity contribution in [2.75, 3.05) is 31.1 Å². The molecule has 1 aliphatic rings. The van der Waals surface area contributed by atoms with Crippen molar-refractivity contribution in [2.24, 2.45) is 0 Å². The number of urea groups is 1. The van der Waals surface area contributed by atoms with E-state index in [-0.39, 0.29) is 6.03 Å². The Balaban J connectivity index is 1.55. The summed E-state index contributed by atoms with van der Waals surface area (Å²) in [6.07, 6.45) is 0. The molecule has 0 bridgehead atoms. The molecule has 1 aromatic heterocycles. The number of amides is 2. The standard InChI is InChI=1S/C21H29N5O/c1-15(2)20-23-17(4)13-19(24-20)25-9-11-26(12-10-25)21(27)22-14-18-8-6-5-7-16(18)3/h5-8,13,15H,9-12,14H2,1-4H3,(H,22,27). The number of rotatable bonds is 4. The minimum absolute atomic E-state index is 0.000333. The molecule has 0 radical (unpaired) electrons. The van der Waals surface area contributed by atoms with Gasteiger partial charge in [0.2, 0.25) is 0 Å². The molecule has 0 aliphatic carbocycles. The van der Waals surface area contributed by atoms with Crippen molar-refractivity contribution in [2.45, 2.75) is 40.2 Å². The Morgan fingerprint density at radius 1 is 1.11 bits per heavy atom. The SMILES string of the molecule is Cc1cc(N2CCN(C(=O)NCc3ccccc3C)CC2)nc(C(C)C)n1. The maximum atomic E-state index is 12.5. The fourth-order valence-corrected chi connectivity index (χ4v) is 3.22. The number of aryl methyl sites for hydroxylation is 2. The van der Waals surface area contributed by atoms with Crippen LogP contribution in [0.4, 0.5) is 10.6 Å². The molecule has 6 nitrogen and oxygen atoms in total. The molecule has 1 fully saturated rings. The second kappa shape index (κ2) is 8.37. The van der Waals surface area contributed by atoms with E-state index in [4.69, 9.17) is 4.98 Å². The maximum absolute atomic E-state index is 12.5. The first-order chi connectivity index (χ1) is 12.9. The van der Waals surface area contributed by atoms with Crippen LogP contribution in [0.5, 0.6) is 0 Å². The Kier molecular flexibility index (Phi) is 5.94. The number of carbonyl (C=O) groups excluding carboxylic acids is 1. The molecule has 2 aromatic rings.